The second kappa shape index (κ2) is 6.01. The zero-order valence-corrected chi connectivity index (χ0v) is 11.5. The van der Waals surface area contributed by atoms with Crippen LogP contribution in [0.5, 0.6) is 0 Å². The lowest BCUT2D eigenvalue weighted by atomic mass is 10.1. The Hall–Kier alpha value is -2.28. The molecule has 7 heteroatoms. The van der Waals surface area contributed by atoms with E-state index in [1.54, 1.807) is 13.8 Å². The number of benzene rings is 1. The van der Waals surface area contributed by atoms with E-state index < -0.39 is 23.6 Å². The van der Waals surface area contributed by atoms with Crippen molar-refractivity contribution in [2.45, 2.75) is 20.0 Å². The molecule has 0 spiro atoms. The summed E-state index contributed by atoms with van der Waals surface area (Å²) >= 11 is 0. The van der Waals surface area contributed by atoms with Crippen molar-refractivity contribution in [2.24, 2.45) is 0 Å². The first-order valence-electron chi connectivity index (χ1n) is 6.24. The van der Waals surface area contributed by atoms with Crippen LogP contribution in [0.15, 0.2) is 22.7 Å². The van der Waals surface area contributed by atoms with Crippen molar-refractivity contribution >= 4 is 5.91 Å². The zero-order valence-electron chi connectivity index (χ0n) is 11.5. The first-order chi connectivity index (χ1) is 9.90. The molecular formula is C14H14F2N2O3. The zero-order chi connectivity index (χ0) is 15.6. The van der Waals surface area contributed by atoms with Crippen LogP contribution in [0.2, 0.25) is 0 Å². The Morgan fingerprint density at radius 2 is 2.14 bits per heavy atom. The number of halogens is 2. The van der Waals surface area contributed by atoms with Crippen LogP contribution in [0.1, 0.15) is 33.5 Å². The number of aryl methyl sites for hydroxylation is 2. The third-order valence-corrected chi connectivity index (χ3v) is 3.04. The minimum atomic E-state index is -1.28. The summed E-state index contributed by atoms with van der Waals surface area (Å²) in [6.07, 6.45) is -1.28. The van der Waals surface area contributed by atoms with E-state index >= 15 is 0 Å². The maximum Gasteiger partial charge on any atom is 0.256 e. The smallest absolute Gasteiger partial charge is 0.256 e. The van der Waals surface area contributed by atoms with Crippen molar-refractivity contribution in [3.05, 3.63) is 52.4 Å². The summed E-state index contributed by atoms with van der Waals surface area (Å²) in [4.78, 5) is 11.9. The van der Waals surface area contributed by atoms with Gasteiger partial charge in [0, 0.05) is 18.2 Å². The Bertz CT molecular complexity index is 651. The van der Waals surface area contributed by atoms with Crippen LogP contribution in [0, 0.1) is 25.5 Å². The van der Waals surface area contributed by atoms with Gasteiger partial charge in [-0.1, -0.05) is 11.2 Å². The Balaban J connectivity index is 2.04. The van der Waals surface area contributed by atoms with Crippen LogP contribution in [-0.2, 0) is 0 Å². The fourth-order valence-corrected chi connectivity index (χ4v) is 1.97. The normalized spacial score (nSPS) is 12.2. The molecule has 1 aromatic heterocycles. The van der Waals surface area contributed by atoms with Gasteiger partial charge in [0.15, 0.2) is 0 Å². The van der Waals surface area contributed by atoms with Crippen LogP contribution in [0.3, 0.4) is 0 Å². The lowest BCUT2D eigenvalue weighted by Crippen LogP contribution is -2.29. The van der Waals surface area contributed by atoms with Crippen molar-refractivity contribution in [1.29, 1.82) is 0 Å². The molecule has 0 unspecified atom stereocenters. The van der Waals surface area contributed by atoms with E-state index in [9.17, 15) is 18.7 Å². The van der Waals surface area contributed by atoms with Gasteiger partial charge in [0.05, 0.1) is 11.8 Å². The number of carbonyl (C=O) groups excluding carboxylic acids is 1. The summed E-state index contributed by atoms with van der Waals surface area (Å²) in [5, 5.41) is 16.0. The highest BCUT2D eigenvalue weighted by atomic mass is 19.1. The summed E-state index contributed by atoms with van der Waals surface area (Å²) in [7, 11) is 0. The monoisotopic (exact) mass is 296 g/mol. The van der Waals surface area contributed by atoms with E-state index in [1.165, 1.54) is 0 Å². The molecule has 0 saturated carbocycles. The van der Waals surface area contributed by atoms with Crippen LogP contribution in [0.4, 0.5) is 8.78 Å². The fourth-order valence-electron chi connectivity index (χ4n) is 1.97. The molecule has 0 aliphatic heterocycles. The predicted octanol–water partition coefficient (Wildman–Crippen LogP) is 2.03. The highest BCUT2D eigenvalue weighted by Crippen LogP contribution is 2.18. The molecule has 0 aliphatic rings. The largest absolute Gasteiger partial charge is 0.386 e. The average molecular weight is 296 g/mol. The van der Waals surface area contributed by atoms with Gasteiger partial charge >= 0.3 is 0 Å². The van der Waals surface area contributed by atoms with Gasteiger partial charge in [-0.25, -0.2) is 8.78 Å². The van der Waals surface area contributed by atoms with Crippen molar-refractivity contribution in [2.75, 3.05) is 6.54 Å². The molecule has 2 N–H and O–H groups in total. The predicted molar refractivity (Wildman–Crippen MR) is 69.6 cm³/mol. The van der Waals surface area contributed by atoms with Gasteiger partial charge in [-0.3, -0.25) is 4.79 Å². The van der Waals surface area contributed by atoms with Crippen molar-refractivity contribution in [1.82, 2.24) is 10.5 Å². The number of hydrogen-bond acceptors (Lipinski definition) is 4. The topological polar surface area (TPSA) is 75.4 Å². The van der Waals surface area contributed by atoms with Gasteiger partial charge < -0.3 is 14.9 Å². The lowest BCUT2D eigenvalue weighted by molar-refractivity contribution is 0.0912. The summed E-state index contributed by atoms with van der Waals surface area (Å²) in [5.74, 6) is -1.72. The second-order valence-corrected chi connectivity index (χ2v) is 4.59. The number of amides is 1. The SMILES string of the molecule is Cc1noc(C)c1C(=O)NC[C@H](O)c1ccc(F)cc1F. The number of aromatic nitrogens is 1. The van der Waals surface area contributed by atoms with Crippen LogP contribution < -0.4 is 5.32 Å². The summed E-state index contributed by atoms with van der Waals surface area (Å²) < 4.78 is 31.1. The number of rotatable bonds is 4. The van der Waals surface area contributed by atoms with Gasteiger partial charge in [0.1, 0.15) is 23.0 Å². The maximum atomic E-state index is 13.5. The first kappa shape index (κ1) is 15.1. The molecule has 0 aliphatic carbocycles. The van der Waals surface area contributed by atoms with Gasteiger partial charge in [0.2, 0.25) is 0 Å². The Kier molecular flexibility index (Phi) is 4.32. The van der Waals surface area contributed by atoms with Gasteiger partial charge in [0.25, 0.3) is 5.91 Å². The number of hydrogen-bond donors (Lipinski definition) is 2. The highest BCUT2D eigenvalue weighted by Gasteiger charge is 2.19. The molecule has 1 aromatic carbocycles. The minimum Gasteiger partial charge on any atom is -0.386 e. The molecule has 1 heterocycles. The average Bonchev–Trinajstić information content (AvgIpc) is 2.75. The number of nitrogens with zero attached hydrogens (tertiary/aromatic N) is 1. The lowest BCUT2D eigenvalue weighted by Gasteiger charge is -2.13. The number of aliphatic hydroxyl groups is 1. The highest BCUT2D eigenvalue weighted by molar-refractivity contribution is 5.96. The fraction of sp³-hybridized carbons (Fsp3) is 0.286. The molecule has 112 valence electrons. The van der Waals surface area contributed by atoms with Crippen molar-refractivity contribution in [3.8, 4) is 0 Å². The number of nitrogens with one attached hydrogen (secondary N) is 1. The van der Waals surface area contributed by atoms with Crippen molar-refractivity contribution in [3.63, 3.8) is 0 Å². The molecular weight excluding hydrogens is 282 g/mol. The molecule has 0 fully saturated rings. The molecule has 2 rings (SSSR count). The molecule has 2 aromatic rings. The maximum absolute atomic E-state index is 13.5. The van der Waals surface area contributed by atoms with E-state index in [-0.39, 0.29) is 17.7 Å². The quantitative estimate of drug-likeness (QED) is 0.905. The van der Waals surface area contributed by atoms with Gasteiger partial charge in [-0.05, 0) is 19.9 Å². The molecule has 0 radical (unpaired) electrons. The Morgan fingerprint density at radius 3 is 2.71 bits per heavy atom. The summed E-state index contributed by atoms with van der Waals surface area (Å²) in [6, 6.07) is 2.85. The third kappa shape index (κ3) is 3.25. The number of aliphatic hydroxyl groups excluding tert-OH is 1. The molecule has 1 atom stereocenters. The number of carbonyl (C=O) groups is 1. The second-order valence-electron chi connectivity index (χ2n) is 4.59. The standard InChI is InChI=1S/C14H14F2N2O3/c1-7-13(8(2)21-18-7)14(20)17-6-12(19)10-4-3-9(15)5-11(10)16/h3-5,12,19H,6H2,1-2H3,(H,17,20)/t12-/m0/s1. The molecule has 21 heavy (non-hydrogen) atoms. The molecule has 5 nitrogen and oxygen atoms in total. The summed E-state index contributed by atoms with van der Waals surface area (Å²) in [6.45, 7) is 2.98. The van der Waals surface area contributed by atoms with E-state index in [1.807, 2.05) is 0 Å². The van der Waals surface area contributed by atoms with Gasteiger partial charge in [-0.15, -0.1) is 0 Å². The van der Waals surface area contributed by atoms with Crippen LogP contribution >= 0.6 is 0 Å². The third-order valence-electron chi connectivity index (χ3n) is 3.04. The Labute approximate surface area is 119 Å². The van der Waals surface area contributed by atoms with E-state index in [2.05, 4.69) is 10.5 Å². The molecule has 0 bridgehead atoms. The van der Waals surface area contributed by atoms with E-state index in [0.29, 0.717) is 17.5 Å². The van der Waals surface area contributed by atoms with E-state index in [0.717, 1.165) is 12.1 Å². The van der Waals surface area contributed by atoms with Crippen LogP contribution in [-0.4, -0.2) is 22.7 Å². The van der Waals surface area contributed by atoms with Gasteiger partial charge in [-0.2, -0.15) is 0 Å². The Morgan fingerprint density at radius 1 is 1.43 bits per heavy atom. The van der Waals surface area contributed by atoms with Crippen LogP contribution in [0.25, 0.3) is 0 Å². The van der Waals surface area contributed by atoms with Crippen molar-refractivity contribution < 1.29 is 23.2 Å². The van der Waals surface area contributed by atoms with E-state index in [4.69, 9.17) is 4.52 Å². The minimum absolute atomic E-state index is 0.0875. The first-order valence-corrected chi connectivity index (χ1v) is 6.24. The molecule has 0 saturated heterocycles. The summed E-state index contributed by atoms with van der Waals surface area (Å²) in [5.41, 5.74) is 0.615. The molecule has 1 amide bonds.